The van der Waals surface area contributed by atoms with Gasteiger partial charge in [0.15, 0.2) is 0 Å². The first-order valence-corrected chi connectivity index (χ1v) is 4.90. The number of hydrogen-bond acceptors (Lipinski definition) is 2. The monoisotopic (exact) mass is 179 g/mol. The van der Waals surface area contributed by atoms with Crippen LogP contribution in [0.25, 0.3) is 0 Å². The molecule has 3 unspecified atom stereocenters. The maximum absolute atomic E-state index is 11.0. The molecule has 2 saturated carbocycles. The minimum atomic E-state index is -0.285. The van der Waals surface area contributed by atoms with Crippen LogP contribution in [0.3, 0.4) is 0 Å². The highest BCUT2D eigenvalue weighted by atomic mass is 16.2. The number of hydrogen-bond donors (Lipinski definition) is 0. The molecule has 3 atom stereocenters. The lowest BCUT2D eigenvalue weighted by atomic mass is 9.86. The summed E-state index contributed by atoms with van der Waals surface area (Å²) in [5.74, 6) is 1.80. The Balaban J connectivity index is 1.89. The van der Waals surface area contributed by atoms with Gasteiger partial charge in [0.25, 0.3) is 5.91 Å². The van der Waals surface area contributed by atoms with Crippen LogP contribution in [0.4, 0.5) is 0 Å². The van der Waals surface area contributed by atoms with Gasteiger partial charge in [-0.25, -0.2) is 4.79 Å². The van der Waals surface area contributed by atoms with Crippen molar-refractivity contribution >= 4 is 12.0 Å². The van der Waals surface area contributed by atoms with Crippen LogP contribution in [0.5, 0.6) is 0 Å². The van der Waals surface area contributed by atoms with Gasteiger partial charge in [0.1, 0.15) is 0 Å². The standard InChI is InChI=1S/C10H13NO2/c12-6-11-10(13)5-9-4-7-1-2-8(9)3-7/h7-9H,1-5H2. The van der Waals surface area contributed by atoms with Gasteiger partial charge in [0.2, 0.25) is 6.08 Å². The van der Waals surface area contributed by atoms with Crippen LogP contribution in [-0.2, 0) is 9.59 Å². The molecule has 1 amide bonds. The van der Waals surface area contributed by atoms with Crippen molar-refractivity contribution in [3.8, 4) is 0 Å². The maximum Gasteiger partial charge on any atom is 0.256 e. The van der Waals surface area contributed by atoms with Crippen molar-refractivity contribution in [2.75, 3.05) is 0 Å². The lowest BCUT2D eigenvalue weighted by Gasteiger charge is -2.19. The lowest BCUT2D eigenvalue weighted by Crippen LogP contribution is -2.13. The molecule has 3 nitrogen and oxygen atoms in total. The molecular formula is C10H13NO2. The fourth-order valence-electron chi connectivity index (χ4n) is 2.95. The molecule has 0 radical (unpaired) electrons. The van der Waals surface area contributed by atoms with E-state index in [1.807, 2.05) is 0 Å². The van der Waals surface area contributed by atoms with Gasteiger partial charge >= 0.3 is 0 Å². The molecule has 0 heterocycles. The SMILES string of the molecule is O=C=NC(=O)CC1CC2CCC1C2. The van der Waals surface area contributed by atoms with E-state index >= 15 is 0 Å². The number of carbonyl (C=O) groups is 1. The average molecular weight is 179 g/mol. The van der Waals surface area contributed by atoms with E-state index in [-0.39, 0.29) is 5.91 Å². The second-order valence-electron chi connectivity index (χ2n) is 4.24. The molecule has 0 aromatic heterocycles. The Hall–Kier alpha value is -0.950. The quantitative estimate of drug-likeness (QED) is 0.478. The van der Waals surface area contributed by atoms with Gasteiger partial charge in [-0.1, -0.05) is 6.42 Å². The molecule has 0 aliphatic heterocycles. The molecule has 0 spiro atoms. The normalized spacial score (nSPS) is 35.8. The zero-order valence-corrected chi connectivity index (χ0v) is 7.53. The second kappa shape index (κ2) is 3.43. The van der Waals surface area contributed by atoms with Gasteiger partial charge < -0.3 is 0 Å². The third kappa shape index (κ3) is 1.70. The summed E-state index contributed by atoms with van der Waals surface area (Å²) in [5.41, 5.74) is 0. The third-order valence-corrected chi connectivity index (χ3v) is 3.49. The van der Waals surface area contributed by atoms with Crippen molar-refractivity contribution in [3.63, 3.8) is 0 Å². The molecule has 0 aromatic rings. The molecule has 2 aliphatic rings. The largest absolute Gasteiger partial charge is 0.272 e. The van der Waals surface area contributed by atoms with Gasteiger partial charge in [-0.15, -0.1) is 4.99 Å². The summed E-state index contributed by atoms with van der Waals surface area (Å²) in [6.45, 7) is 0. The fraction of sp³-hybridized carbons (Fsp3) is 0.800. The molecule has 3 heteroatoms. The zero-order valence-electron chi connectivity index (χ0n) is 7.53. The van der Waals surface area contributed by atoms with Crippen LogP contribution < -0.4 is 0 Å². The van der Waals surface area contributed by atoms with Crippen molar-refractivity contribution in [2.45, 2.75) is 32.1 Å². The Morgan fingerprint density at radius 1 is 1.38 bits per heavy atom. The molecule has 0 saturated heterocycles. The van der Waals surface area contributed by atoms with Gasteiger partial charge in [0, 0.05) is 6.42 Å². The van der Waals surface area contributed by atoms with E-state index in [2.05, 4.69) is 4.99 Å². The molecule has 2 fully saturated rings. The first-order chi connectivity index (χ1) is 6.29. The highest BCUT2D eigenvalue weighted by Crippen LogP contribution is 2.49. The summed E-state index contributed by atoms with van der Waals surface area (Å²) in [6.07, 6.45) is 6.86. The molecule has 2 rings (SSSR count). The molecule has 0 N–H and O–H groups in total. The van der Waals surface area contributed by atoms with Crippen molar-refractivity contribution in [1.29, 1.82) is 0 Å². The van der Waals surface area contributed by atoms with Crippen LogP contribution in [0.15, 0.2) is 4.99 Å². The molecular weight excluding hydrogens is 166 g/mol. The summed E-state index contributed by atoms with van der Waals surface area (Å²) in [6, 6.07) is 0. The van der Waals surface area contributed by atoms with Crippen molar-refractivity contribution in [3.05, 3.63) is 0 Å². The van der Waals surface area contributed by atoms with Crippen LogP contribution in [0.2, 0.25) is 0 Å². The third-order valence-electron chi connectivity index (χ3n) is 3.49. The Labute approximate surface area is 77.2 Å². The highest BCUT2D eigenvalue weighted by Gasteiger charge is 2.39. The first-order valence-electron chi connectivity index (χ1n) is 4.90. The molecule has 2 aliphatic carbocycles. The van der Waals surface area contributed by atoms with Gasteiger partial charge in [0.05, 0.1) is 0 Å². The Bertz CT molecular complexity index is 268. The minimum Gasteiger partial charge on any atom is -0.272 e. The number of amides is 1. The molecule has 13 heavy (non-hydrogen) atoms. The predicted molar refractivity (Wildman–Crippen MR) is 46.7 cm³/mol. The smallest absolute Gasteiger partial charge is 0.256 e. The number of nitrogens with zero attached hydrogens (tertiary/aromatic N) is 1. The van der Waals surface area contributed by atoms with E-state index in [9.17, 15) is 9.59 Å². The number of fused-ring (bicyclic) bond motifs is 2. The summed E-state index contributed by atoms with van der Waals surface area (Å²) >= 11 is 0. The number of rotatable bonds is 2. The number of isocyanates is 1. The van der Waals surface area contributed by atoms with E-state index < -0.39 is 0 Å². The number of carbonyl (C=O) groups excluding carboxylic acids is 2. The van der Waals surface area contributed by atoms with E-state index in [1.165, 1.54) is 31.8 Å². The fourth-order valence-corrected chi connectivity index (χ4v) is 2.95. The summed E-state index contributed by atoms with van der Waals surface area (Å²) in [5, 5.41) is 0. The molecule has 2 bridgehead atoms. The van der Waals surface area contributed by atoms with Crippen molar-refractivity contribution < 1.29 is 9.59 Å². The molecule has 70 valence electrons. The van der Waals surface area contributed by atoms with E-state index in [0.29, 0.717) is 12.3 Å². The first kappa shape index (κ1) is 8.64. The van der Waals surface area contributed by atoms with Crippen LogP contribution >= 0.6 is 0 Å². The second-order valence-corrected chi connectivity index (χ2v) is 4.24. The van der Waals surface area contributed by atoms with E-state index in [4.69, 9.17) is 0 Å². The summed E-state index contributed by atoms with van der Waals surface area (Å²) < 4.78 is 0. The Kier molecular flexibility index (Phi) is 2.28. The maximum atomic E-state index is 11.0. The van der Waals surface area contributed by atoms with E-state index in [0.717, 1.165) is 11.8 Å². The van der Waals surface area contributed by atoms with Crippen LogP contribution in [-0.4, -0.2) is 12.0 Å². The van der Waals surface area contributed by atoms with E-state index in [1.54, 1.807) is 0 Å². The Morgan fingerprint density at radius 2 is 2.23 bits per heavy atom. The number of aliphatic imine (C=N–C) groups is 1. The van der Waals surface area contributed by atoms with Crippen LogP contribution in [0.1, 0.15) is 32.1 Å². The van der Waals surface area contributed by atoms with Crippen molar-refractivity contribution in [2.24, 2.45) is 22.7 Å². The topological polar surface area (TPSA) is 46.5 Å². The predicted octanol–water partition coefficient (Wildman–Crippen LogP) is 1.68. The molecule has 0 aromatic carbocycles. The summed E-state index contributed by atoms with van der Waals surface area (Å²) in [4.78, 5) is 24.0. The van der Waals surface area contributed by atoms with Gasteiger partial charge in [-0.2, -0.15) is 0 Å². The Morgan fingerprint density at radius 3 is 2.77 bits per heavy atom. The average Bonchev–Trinajstić information content (AvgIpc) is 2.65. The van der Waals surface area contributed by atoms with Gasteiger partial charge in [-0.3, -0.25) is 4.79 Å². The summed E-state index contributed by atoms with van der Waals surface area (Å²) in [7, 11) is 0. The van der Waals surface area contributed by atoms with Gasteiger partial charge in [-0.05, 0) is 37.0 Å². The minimum absolute atomic E-state index is 0.285. The van der Waals surface area contributed by atoms with Crippen molar-refractivity contribution in [1.82, 2.24) is 0 Å². The lowest BCUT2D eigenvalue weighted by molar-refractivity contribution is -0.119. The highest BCUT2D eigenvalue weighted by molar-refractivity contribution is 5.81. The van der Waals surface area contributed by atoms with Crippen LogP contribution in [0, 0.1) is 17.8 Å². The zero-order chi connectivity index (χ0) is 9.26.